The lowest BCUT2D eigenvalue weighted by Crippen LogP contribution is -2.39. The zero-order chi connectivity index (χ0) is 72.8. The first-order chi connectivity index (χ1) is 48.1. The molecule has 0 aromatic heterocycles. The Bertz CT molecular complexity index is 3020. The fourth-order valence-electron chi connectivity index (χ4n) is 11.9. The molecule has 4 unspecified atom stereocenters. The minimum Gasteiger partial charge on any atom is -0.481 e. The Kier molecular flexibility index (Phi) is 43.7. The molecule has 0 fully saturated rings. The van der Waals surface area contributed by atoms with Crippen LogP contribution < -0.4 is 26.2 Å². The molecule has 5 atom stereocenters. The second kappa shape index (κ2) is 50.8. The van der Waals surface area contributed by atoms with Crippen LogP contribution in [0.3, 0.4) is 0 Å². The average molecular weight is 1500 g/mol. The summed E-state index contributed by atoms with van der Waals surface area (Å²) in [6, 6.07) is 23.2. The summed E-state index contributed by atoms with van der Waals surface area (Å²) < 4.78 is 23.7. The highest BCUT2D eigenvalue weighted by Gasteiger charge is 2.28. The third kappa shape index (κ3) is 39.1. The first kappa shape index (κ1) is 85.9. The molecule has 3 aromatic rings. The van der Waals surface area contributed by atoms with Gasteiger partial charge in [0.1, 0.15) is 17.3 Å². The molecule has 1 heterocycles. The number of nitrogens with zero attached hydrogens (tertiary/aromatic N) is 1. The molecular formula is C78H114IN5O16. The molecule has 21 nitrogen and oxygen atoms in total. The highest BCUT2D eigenvalue weighted by molar-refractivity contribution is 14.1. The van der Waals surface area contributed by atoms with Gasteiger partial charge >= 0.3 is 5.97 Å². The summed E-state index contributed by atoms with van der Waals surface area (Å²) in [5.74, 6) is 0.594. The van der Waals surface area contributed by atoms with Crippen molar-refractivity contribution in [3.8, 4) is 11.8 Å². The van der Waals surface area contributed by atoms with Crippen molar-refractivity contribution >= 4 is 81.1 Å². The Morgan fingerprint density at radius 1 is 0.530 bits per heavy atom. The fraction of sp³-hybridized carbons (Fsp3) is 0.628. The van der Waals surface area contributed by atoms with Gasteiger partial charge in [0.25, 0.3) is 0 Å². The Balaban J connectivity index is 1.07. The van der Waals surface area contributed by atoms with Gasteiger partial charge in [0.05, 0.1) is 64.4 Å². The molecule has 554 valence electrons. The highest BCUT2D eigenvalue weighted by atomic mass is 127. The Labute approximate surface area is 607 Å². The van der Waals surface area contributed by atoms with E-state index in [1.165, 1.54) is 9.13 Å². The molecule has 7 N–H and O–H groups in total. The quantitative estimate of drug-likeness (QED) is 0.0120. The lowest BCUT2D eigenvalue weighted by molar-refractivity contribution is -0.178. The molecule has 22 heteroatoms. The number of fused-ring (bicyclic) bond motifs is 2. The fourth-order valence-corrected chi connectivity index (χ4v) is 12.3. The number of ether oxygens (including phenoxy) is 4. The van der Waals surface area contributed by atoms with E-state index in [9.17, 15) is 58.5 Å². The van der Waals surface area contributed by atoms with Gasteiger partial charge in [-0.3, -0.25) is 43.2 Å². The first-order valence-electron chi connectivity index (χ1n) is 36.5. The molecule has 3 aromatic carbocycles. The summed E-state index contributed by atoms with van der Waals surface area (Å²) >= 11 is 2.27. The molecule has 0 saturated carbocycles. The topological polar surface area (TPSA) is 303 Å². The molecule has 0 aliphatic carbocycles. The van der Waals surface area contributed by atoms with Crippen molar-refractivity contribution in [1.82, 2.24) is 21.3 Å². The SMILES string of the molecule is CCCC(C)CC(O)(O)CCCCC(C)NC(=O)CC[C@H](CC(=O)CCCCCNC(=O)CCC(CC(=O)CCOCCOCCOCCOCCCC(=O)CCC(=O)N1Cc2ccccc2C#Cc2ccccc21)C(=O)NC(C)CCCCNC(=O)CCCc1ccc(I)cc1)C(=O)O. The number of ketones is 3. The number of carbonyl (C=O) groups excluding carboxylic acids is 8. The third-order valence-electron chi connectivity index (χ3n) is 17.6. The van der Waals surface area contributed by atoms with E-state index in [0.29, 0.717) is 123 Å². The monoisotopic (exact) mass is 1500 g/mol. The van der Waals surface area contributed by atoms with Gasteiger partial charge in [-0.05, 0) is 161 Å². The van der Waals surface area contributed by atoms with E-state index in [0.717, 1.165) is 60.9 Å². The van der Waals surface area contributed by atoms with Crippen LogP contribution in [-0.2, 0) is 75.1 Å². The van der Waals surface area contributed by atoms with Crippen molar-refractivity contribution < 1.29 is 77.4 Å². The van der Waals surface area contributed by atoms with Gasteiger partial charge in [0.2, 0.25) is 29.5 Å². The van der Waals surface area contributed by atoms with Crippen LogP contribution in [0.15, 0.2) is 72.8 Å². The number of hydrogen-bond donors (Lipinski definition) is 7. The Morgan fingerprint density at radius 2 is 1.09 bits per heavy atom. The summed E-state index contributed by atoms with van der Waals surface area (Å²) in [6.45, 7) is 11.4. The van der Waals surface area contributed by atoms with Gasteiger partial charge < -0.3 is 60.4 Å². The van der Waals surface area contributed by atoms with Crippen LogP contribution in [-0.4, -0.2) is 152 Å². The maximum atomic E-state index is 13.7. The van der Waals surface area contributed by atoms with Gasteiger partial charge in [-0.2, -0.15) is 0 Å². The standard InChI is InChI=1S/C78H114IN5O16/c1-5-19-58(2)56-78(95,96)43-14-12-20-59(3)82-74(90)40-35-65(77(93)94)55-69(86)26-7-6-15-44-81-73(89)39-34-64(76(92)83-60(4)21-13-16-45-80-72(88)29-17-22-61-30-36-67(79)37-31-61)54-70(87)42-47-98-49-51-100-53-52-99-50-48-97-46-18-27-68(85)38-41-75(91)84-57-66-25-9-8-23-62(66)32-33-63-24-10-11-28-71(63)84/h8-11,23-25,28,30-31,36-37,58-60,64-65,95-96H,5-7,12-22,26-27,29,34-35,38-57H2,1-4H3,(H,80,88)(H,81,89)(H,82,90)(H,83,92)(H,93,94)/t58?,59?,60?,64?,65-/m1/s1. The Morgan fingerprint density at radius 3 is 1.78 bits per heavy atom. The van der Waals surface area contributed by atoms with Gasteiger partial charge in [-0.15, -0.1) is 0 Å². The predicted octanol–water partition coefficient (Wildman–Crippen LogP) is 11.0. The number of nitrogens with one attached hydrogen (secondary N) is 4. The normalized spacial score (nSPS) is 13.4. The average Bonchev–Trinajstić information content (AvgIpc) is 0.805. The van der Waals surface area contributed by atoms with Gasteiger partial charge in [-0.1, -0.05) is 93.8 Å². The number of aliphatic carboxylic acids is 1. The van der Waals surface area contributed by atoms with Gasteiger partial charge in [0.15, 0.2) is 5.79 Å². The lowest BCUT2D eigenvalue weighted by atomic mass is 9.93. The lowest BCUT2D eigenvalue weighted by Gasteiger charge is -2.26. The zero-order valence-corrected chi connectivity index (χ0v) is 62.0. The summed E-state index contributed by atoms with van der Waals surface area (Å²) in [5.41, 5.74) is 4.54. The second-order valence-corrected chi connectivity index (χ2v) is 28.0. The van der Waals surface area contributed by atoms with Crippen LogP contribution in [0.25, 0.3) is 0 Å². The largest absolute Gasteiger partial charge is 0.481 e. The number of para-hydroxylation sites is 1. The summed E-state index contributed by atoms with van der Waals surface area (Å²) in [6.07, 6.45) is 11.4. The molecular weight excluding hydrogens is 1390 g/mol. The number of carbonyl (C=O) groups is 9. The number of carboxylic acid groups (broad SMARTS) is 1. The molecule has 5 amide bonds. The molecule has 0 radical (unpaired) electrons. The predicted molar refractivity (Wildman–Crippen MR) is 394 cm³/mol. The minimum absolute atomic E-state index is 0.000482. The number of carboxylic acids is 1. The van der Waals surface area contributed by atoms with Crippen molar-refractivity contribution in [3.05, 3.63) is 98.6 Å². The zero-order valence-electron chi connectivity index (χ0n) is 59.9. The maximum absolute atomic E-state index is 13.7. The van der Waals surface area contributed by atoms with E-state index < -0.39 is 23.6 Å². The molecule has 100 heavy (non-hydrogen) atoms. The number of Topliss-reactive ketones (excluding diaryl/α,β-unsaturated/α-hetero) is 3. The molecule has 0 spiro atoms. The van der Waals surface area contributed by atoms with Crippen molar-refractivity contribution in [3.63, 3.8) is 0 Å². The maximum Gasteiger partial charge on any atom is 0.306 e. The number of unbranched alkanes of at least 4 members (excludes halogenated alkanes) is 4. The van der Waals surface area contributed by atoms with Gasteiger partial charge in [0, 0.05) is 129 Å². The van der Waals surface area contributed by atoms with Crippen LogP contribution in [0.2, 0.25) is 0 Å². The molecule has 4 rings (SSSR count). The molecule has 0 bridgehead atoms. The van der Waals surface area contributed by atoms with Crippen molar-refractivity contribution in [2.24, 2.45) is 17.8 Å². The van der Waals surface area contributed by atoms with Crippen LogP contribution in [0, 0.1) is 33.2 Å². The summed E-state index contributed by atoms with van der Waals surface area (Å²) in [4.78, 5) is 118. The minimum atomic E-state index is -1.71. The smallest absolute Gasteiger partial charge is 0.306 e. The van der Waals surface area contributed by atoms with E-state index >= 15 is 0 Å². The Hall–Kier alpha value is -6.46. The summed E-state index contributed by atoms with van der Waals surface area (Å²) in [7, 11) is 0. The number of aliphatic hydroxyl groups is 2. The number of rotatable bonds is 57. The number of hydrogen-bond acceptors (Lipinski definition) is 15. The van der Waals surface area contributed by atoms with Crippen molar-refractivity contribution in [1.29, 1.82) is 0 Å². The summed E-state index contributed by atoms with van der Waals surface area (Å²) in [5, 5.41) is 42.3. The van der Waals surface area contributed by atoms with Crippen LogP contribution in [0.1, 0.15) is 223 Å². The van der Waals surface area contributed by atoms with Crippen molar-refractivity contribution in [2.75, 3.05) is 70.8 Å². The number of benzene rings is 3. The number of halogens is 1. The van der Waals surface area contributed by atoms with Crippen LogP contribution in [0.5, 0.6) is 0 Å². The van der Waals surface area contributed by atoms with E-state index in [1.807, 2.05) is 69.3 Å². The first-order valence-corrected chi connectivity index (χ1v) is 37.6. The molecule has 1 aliphatic rings. The van der Waals surface area contributed by atoms with E-state index in [4.69, 9.17) is 18.9 Å². The number of anilines is 1. The number of aryl methyl sites for hydroxylation is 1. The van der Waals surface area contributed by atoms with Gasteiger partial charge in [-0.25, -0.2) is 0 Å². The van der Waals surface area contributed by atoms with Crippen LogP contribution in [0.4, 0.5) is 5.69 Å². The highest BCUT2D eigenvalue weighted by Crippen LogP contribution is 2.28. The number of amides is 5. The molecule has 0 saturated heterocycles. The van der Waals surface area contributed by atoms with E-state index in [1.54, 1.807) is 4.90 Å². The van der Waals surface area contributed by atoms with E-state index in [-0.39, 0.29) is 155 Å². The van der Waals surface area contributed by atoms with Crippen molar-refractivity contribution in [2.45, 2.75) is 232 Å². The second-order valence-electron chi connectivity index (χ2n) is 26.7. The van der Waals surface area contributed by atoms with Crippen LogP contribution >= 0.6 is 22.6 Å². The third-order valence-corrected chi connectivity index (χ3v) is 18.3. The molecule has 1 aliphatic heterocycles. The van der Waals surface area contributed by atoms with E-state index in [2.05, 4.69) is 86.9 Å².